The van der Waals surface area contributed by atoms with Crippen LogP contribution in [0.3, 0.4) is 0 Å². The topological polar surface area (TPSA) is 37.4 Å². The number of hydrogen-bond acceptors (Lipinski definition) is 2. The number of carbonyl (C=O) groups excluding carboxylic acids is 2. The number of imide groups is 1. The minimum absolute atomic E-state index is 0.106. The lowest BCUT2D eigenvalue weighted by atomic mass is 9.81. The summed E-state index contributed by atoms with van der Waals surface area (Å²) in [6.45, 7) is 3.91. The van der Waals surface area contributed by atoms with Crippen LogP contribution in [0.25, 0.3) is 0 Å². The molecule has 5 heteroatoms. The Balaban J connectivity index is 2.46. The third-order valence-electron chi connectivity index (χ3n) is 3.90. The maximum Gasteiger partial charge on any atom is 0.240 e. The predicted molar refractivity (Wildman–Crippen MR) is 79.3 cm³/mol. The Labute approximate surface area is 126 Å². The van der Waals surface area contributed by atoms with Crippen molar-refractivity contribution >= 4 is 45.0 Å². The van der Waals surface area contributed by atoms with E-state index in [1.807, 2.05) is 13.8 Å². The van der Waals surface area contributed by atoms with Crippen molar-refractivity contribution in [3.8, 4) is 0 Å². The zero-order chi connectivity index (χ0) is 14.2. The Morgan fingerprint density at radius 2 is 1.95 bits per heavy atom. The molecular formula is C14H15BrClNO2. The fourth-order valence-corrected chi connectivity index (χ4v) is 3.36. The number of hydrogen-bond donors (Lipinski definition) is 0. The fourth-order valence-electron chi connectivity index (χ4n) is 2.50. The van der Waals surface area contributed by atoms with Crippen LogP contribution in [0.4, 0.5) is 5.69 Å². The van der Waals surface area contributed by atoms with E-state index in [0.717, 1.165) is 0 Å². The van der Waals surface area contributed by atoms with Gasteiger partial charge in [0.25, 0.3) is 0 Å². The summed E-state index contributed by atoms with van der Waals surface area (Å²) in [5.41, 5.74) is 0.0269. The Hall–Kier alpha value is -0.870. The largest absolute Gasteiger partial charge is 0.274 e. The average Bonchev–Trinajstić information content (AvgIpc) is 2.62. The van der Waals surface area contributed by atoms with Gasteiger partial charge in [-0.25, -0.2) is 4.90 Å². The molecule has 2 rings (SSSR count). The number of halogens is 2. The highest BCUT2D eigenvalue weighted by Gasteiger charge is 2.49. The van der Waals surface area contributed by atoms with E-state index < -0.39 is 5.41 Å². The number of nitrogens with zero attached hydrogens (tertiary/aromatic N) is 1. The molecule has 1 aliphatic rings. The first-order valence-electron chi connectivity index (χ1n) is 6.27. The highest BCUT2D eigenvalue weighted by atomic mass is 79.9. The summed E-state index contributed by atoms with van der Waals surface area (Å²) in [6, 6.07) is 5.07. The molecule has 1 heterocycles. The van der Waals surface area contributed by atoms with E-state index in [1.54, 1.807) is 18.2 Å². The van der Waals surface area contributed by atoms with Gasteiger partial charge in [-0.15, -0.1) is 0 Å². The van der Waals surface area contributed by atoms with Crippen molar-refractivity contribution in [1.82, 2.24) is 0 Å². The van der Waals surface area contributed by atoms with Crippen LogP contribution in [0.2, 0.25) is 5.02 Å². The number of rotatable bonds is 3. The van der Waals surface area contributed by atoms with Gasteiger partial charge in [-0.1, -0.05) is 25.4 Å². The third-order valence-corrected chi connectivity index (χ3v) is 4.77. The van der Waals surface area contributed by atoms with Gasteiger partial charge >= 0.3 is 0 Å². The van der Waals surface area contributed by atoms with Crippen LogP contribution in [-0.4, -0.2) is 11.8 Å². The van der Waals surface area contributed by atoms with Crippen LogP contribution >= 0.6 is 27.5 Å². The lowest BCUT2D eigenvalue weighted by molar-refractivity contribution is -0.126. The first-order valence-corrected chi connectivity index (χ1v) is 7.44. The van der Waals surface area contributed by atoms with Gasteiger partial charge in [-0.2, -0.15) is 0 Å². The van der Waals surface area contributed by atoms with Crippen LogP contribution in [-0.2, 0) is 9.59 Å². The molecule has 2 amide bonds. The number of amides is 2. The molecule has 3 nitrogen and oxygen atoms in total. The van der Waals surface area contributed by atoms with Gasteiger partial charge in [0.15, 0.2) is 0 Å². The van der Waals surface area contributed by atoms with Crippen molar-refractivity contribution in [3.63, 3.8) is 0 Å². The highest BCUT2D eigenvalue weighted by molar-refractivity contribution is 9.10. The monoisotopic (exact) mass is 343 g/mol. The molecule has 102 valence electrons. The highest BCUT2D eigenvalue weighted by Crippen LogP contribution is 2.43. The molecule has 0 unspecified atom stereocenters. The molecule has 1 saturated heterocycles. The maximum absolute atomic E-state index is 12.6. The first-order chi connectivity index (χ1) is 8.95. The zero-order valence-electron chi connectivity index (χ0n) is 10.9. The quantitative estimate of drug-likeness (QED) is 0.772. The first kappa shape index (κ1) is 14.5. The molecule has 0 N–H and O–H groups in total. The Kier molecular flexibility index (Phi) is 4.02. The summed E-state index contributed by atoms with van der Waals surface area (Å²) in [4.78, 5) is 26.1. The molecule has 0 bridgehead atoms. The van der Waals surface area contributed by atoms with E-state index in [-0.39, 0.29) is 18.2 Å². The molecule has 0 aromatic heterocycles. The van der Waals surface area contributed by atoms with Crippen LogP contribution in [0.15, 0.2) is 22.7 Å². The van der Waals surface area contributed by atoms with E-state index >= 15 is 0 Å². The normalized spacial score (nSPS) is 18.2. The molecule has 19 heavy (non-hydrogen) atoms. The second kappa shape index (κ2) is 5.25. The molecule has 0 saturated carbocycles. The van der Waals surface area contributed by atoms with Crippen molar-refractivity contribution in [1.29, 1.82) is 0 Å². The molecule has 0 radical (unpaired) electrons. The molecule has 0 atom stereocenters. The third kappa shape index (κ3) is 2.32. The van der Waals surface area contributed by atoms with E-state index in [2.05, 4.69) is 15.9 Å². The SMILES string of the molecule is CCC1(CC)CC(=O)N(c2ccc(Cl)cc2Br)C1=O. The Morgan fingerprint density at radius 3 is 2.42 bits per heavy atom. The van der Waals surface area contributed by atoms with Gasteiger partial charge in [0, 0.05) is 15.9 Å². The lowest BCUT2D eigenvalue weighted by Gasteiger charge is -2.24. The van der Waals surface area contributed by atoms with E-state index in [0.29, 0.717) is 28.0 Å². The molecule has 1 aliphatic heterocycles. The second-order valence-corrected chi connectivity index (χ2v) is 6.09. The Bertz CT molecular complexity index is 540. The number of benzene rings is 1. The summed E-state index contributed by atoms with van der Waals surface area (Å²) in [6.07, 6.45) is 1.64. The smallest absolute Gasteiger partial charge is 0.240 e. The van der Waals surface area contributed by atoms with Gasteiger partial charge in [0.05, 0.1) is 11.1 Å². The number of carbonyl (C=O) groups is 2. The molecular weight excluding hydrogens is 330 g/mol. The minimum Gasteiger partial charge on any atom is -0.274 e. The molecule has 0 spiro atoms. The molecule has 0 aliphatic carbocycles. The van der Waals surface area contributed by atoms with E-state index in [9.17, 15) is 9.59 Å². The lowest BCUT2D eigenvalue weighted by Crippen LogP contribution is -2.35. The van der Waals surface area contributed by atoms with E-state index in [1.165, 1.54) is 4.90 Å². The summed E-state index contributed by atoms with van der Waals surface area (Å²) in [5, 5.41) is 0.562. The van der Waals surface area contributed by atoms with Crippen molar-refractivity contribution in [2.24, 2.45) is 5.41 Å². The van der Waals surface area contributed by atoms with Crippen LogP contribution in [0.5, 0.6) is 0 Å². The fraction of sp³-hybridized carbons (Fsp3) is 0.429. The van der Waals surface area contributed by atoms with Gasteiger partial charge in [-0.3, -0.25) is 9.59 Å². The van der Waals surface area contributed by atoms with Crippen LogP contribution < -0.4 is 4.90 Å². The van der Waals surface area contributed by atoms with Crippen molar-refractivity contribution in [2.75, 3.05) is 4.90 Å². The van der Waals surface area contributed by atoms with E-state index in [4.69, 9.17) is 11.6 Å². The summed E-state index contributed by atoms with van der Waals surface area (Å²) in [7, 11) is 0. The van der Waals surface area contributed by atoms with Gasteiger partial charge < -0.3 is 0 Å². The minimum atomic E-state index is -0.545. The maximum atomic E-state index is 12.6. The van der Waals surface area contributed by atoms with Crippen LogP contribution in [0, 0.1) is 5.41 Å². The van der Waals surface area contributed by atoms with Crippen molar-refractivity contribution < 1.29 is 9.59 Å². The van der Waals surface area contributed by atoms with Gasteiger partial charge in [-0.05, 0) is 47.0 Å². The number of anilines is 1. The second-order valence-electron chi connectivity index (χ2n) is 4.79. The summed E-state index contributed by atoms with van der Waals surface area (Å²) >= 11 is 9.25. The van der Waals surface area contributed by atoms with Crippen molar-refractivity contribution in [2.45, 2.75) is 33.1 Å². The zero-order valence-corrected chi connectivity index (χ0v) is 13.2. The van der Waals surface area contributed by atoms with Gasteiger partial charge in [0.2, 0.25) is 11.8 Å². The summed E-state index contributed by atoms with van der Waals surface area (Å²) in [5.74, 6) is -0.248. The van der Waals surface area contributed by atoms with Crippen molar-refractivity contribution in [3.05, 3.63) is 27.7 Å². The Morgan fingerprint density at radius 1 is 1.32 bits per heavy atom. The standard InChI is InChI=1S/C14H15BrClNO2/c1-3-14(4-2)8-12(18)17(13(14)19)11-6-5-9(16)7-10(11)15/h5-7H,3-4,8H2,1-2H3. The summed E-state index contributed by atoms with van der Waals surface area (Å²) < 4.78 is 0.657. The van der Waals surface area contributed by atoms with Gasteiger partial charge in [0.1, 0.15) is 0 Å². The average molecular weight is 345 g/mol. The van der Waals surface area contributed by atoms with Crippen LogP contribution in [0.1, 0.15) is 33.1 Å². The molecule has 1 aromatic carbocycles. The molecule has 1 fully saturated rings. The predicted octanol–water partition coefficient (Wildman–Crippen LogP) is 4.17. The molecule has 1 aromatic rings.